The number of hydrogen-bond donors (Lipinski definition) is 1. The fourth-order valence-corrected chi connectivity index (χ4v) is 2.85. The molecule has 7 heteroatoms. The van der Waals surface area contributed by atoms with Crippen LogP contribution in [0, 0.1) is 0 Å². The summed E-state index contributed by atoms with van der Waals surface area (Å²) in [5.74, 6) is 1.74. The van der Waals surface area contributed by atoms with Crippen LogP contribution < -0.4 is 10.6 Å². The molecule has 1 saturated heterocycles. The first kappa shape index (κ1) is 12.7. The average molecular weight is 286 g/mol. The minimum absolute atomic E-state index is 0.410. The molecule has 21 heavy (non-hydrogen) atoms. The molecular formula is C14H18N6O. The monoisotopic (exact) mass is 286 g/mol. The molecule has 0 atom stereocenters. The van der Waals surface area contributed by atoms with Gasteiger partial charge in [-0.25, -0.2) is 9.97 Å². The maximum absolute atomic E-state index is 6.22. The molecule has 1 aliphatic heterocycles. The Labute approximate surface area is 122 Å². The van der Waals surface area contributed by atoms with Crippen LogP contribution in [0.5, 0.6) is 0 Å². The minimum Gasteiger partial charge on any atom is -0.341 e. The molecule has 2 aliphatic rings. The van der Waals surface area contributed by atoms with Gasteiger partial charge in [0.25, 0.3) is 5.89 Å². The molecule has 0 bridgehead atoms. The van der Waals surface area contributed by atoms with Gasteiger partial charge in [0.05, 0.1) is 5.54 Å². The molecule has 2 aromatic rings. The van der Waals surface area contributed by atoms with Crippen molar-refractivity contribution in [2.45, 2.75) is 37.6 Å². The number of rotatable bonds is 3. The van der Waals surface area contributed by atoms with E-state index in [4.69, 9.17) is 10.3 Å². The highest BCUT2D eigenvalue weighted by Gasteiger charge is 2.39. The van der Waals surface area contributed by atoms with E-state index in [1.54, 1.807) is 12.3 Å². The van der Waals surface area contributed by atoms with Crippen molar-refractivity contribution in [1.82, 2.24) is 20.1 Å². The summed E-state index contributed by atoms with van der Waals surface area (Å²) in [7, 11) is 0. The van der Waals surface area contributed by atoms with Crippen LogP contribution in [0.15, 0.2) is 16.8 Å². The Bertz CT molecular complexity index is 644. The summed E-state index contributed by atoms with van der Waals surface area (Å²) in [5, 5.41) is 4.03. The van der Waals surface area contributed by atoms with E-state index >= 15 is 0 Å². The Hall–Kier alpha value is -2.02. The van der Waals surface area contributed by atoms with E-state index in [2.05, 4.69) is 25.0 Å². The molecule has 2 fully saturated rings. The average Bonchev–Trinajstić information content (AvgIpc) is 3.16. The van der Waals surface area contributed by atoms with Gasteiger partial charge in [0, 0.05) is 19.3 Å². The van der Waals surface area contributed by atoms with Gasteiger partial charge in [-0.05, 0) is 38.2 Å². The van der Waals surface area contributed by atoms with Gasteiger partial charge in [-0.1, -0.05) is 5.16 Å². The van der Waals surface area contributed by atoms with E-state index < -0.39 is 5.54 Å². The molecule has 1 saturated carbocycles. The highest BCUT2D eigenvalue weighted by atomic mass is 16.5. The van der Waals surface area contributed by atoms with Gasteiger partial charge in [0.2, 0.25) is 5.95 Å². The van der Waals surface area contributed by atoms with Crippen LogP contribution in [0.2, 0.25) is 0 Å². The van der Waals surface area contributed by atoms with Gasteiger partial charge in [0.15, 0.2) is 5.82 Å². The van der Waals surface area contributed by atoms with Crippen molar-refractivity contribution >= 4 is 5.95 Å². The lowest BCUT2D eigenvalue weighted by atomic mass is 9.77. The minimum atomic E-state index is -0.410. The summed E-state index contributed by atoms with van der Waals surface area (Å²) >= 11 is 0. The predicted octanol–water partition coefficient (Wildman–Crippen LogP) is 1.46. The van der Waals surface area contributed by atoms with Crippen LogP contribution in [0.25, 0.3) is 11.6 Å². The quantitative estimate of drug-likeness (QED) is 0.912. The molecule has 2 N–H and O–H groups in total. The first-order valence-electron chi connectivity index (χ1n) is 7.46. The number of aromatic nitrogens is 4. The van der Waals surface area contributed by atoms with Crippen LogP contribution in [0.1, 0.15) is 37.9 Å². The topological polar surface area (TPSA) is 94.0 Å². The first-order chi connectivity index (χ1) is 10.2. The fraction of sp³-hybridized carbons (Fsp3) is 0.571. The molecule has 0 spiro atoms. The van der Waals surface area contributed by atoms with Crippen molar-refractivity contribution in [3.8, 4) is 11.6 Å². The zero-order valence-corrected chi connectivity index (χ0v) is 11.8. The number of nitrogens with zero attached hydrogens (tertiary/aromatic N) is 5. The second-order valence-corrected chi connectivity index (χ2v) is 5.87. The number of nitrogens with two attached hydrogens (primary N) is 1. The summed E-state index contributed by atoms with van der Waals surface area (Å²) in [6.45, 7) is 2.01. The largest absolute Gasteiger partial charge is 0.341 e. The van der Waals surface area contributed by atoms with Gasteiger partial charge in [-0.15, -0.1) is 0 Å². The maximum Gasteiger partial charge on any atom is 0.276 e. The molecule has 1 aliphatic carbocycles. The lowest BCUT2D eigenvalue weighted by Gasteiger charge is -2.34. The second kappa shape index (κ2) is 4.77. The van der Waals surface area contributed by atoms with Gasteiger partial charge >= 0.3 is 0 Å². The van der Waals surface area contributed by atoms with E-state index in [9.17, 15) is 0 Å². The Kier molecular flexibility index (Phi) is 2.88. The van der Waals surface area contributed by atoms with Crippen LogP contribution in [-0.2, 0) is 5.54 Å². The van der Waals surface area contributed by atoms with Crippen LogP contribution in [0.4, 0.5) is 5.95 Å². The third-order valence-corrected chi connectivity index (χ3v) is 4.37. The summed E-state index contributed by atoms with van der Waals surface area (Å²) < 4.78 is 5.34. The molecule has 0 aromatic carbocycles. The van der Waals surface area contributed by atoms with Crippen molar-refractivity contribution in [3.63, 3.8) is 0 Å². The Morgan fingerprint density at radius 3 is 2.67 bits per heavy atom. The molecule has 4 rings (SSSR count). The van der Waals surface area contributed by atoms with Crippen molar-refractivity contribution in [2.24, 2.45) is 5.73 Å². The second-order valence-electron chi connectivity index (χ2n) is 5.87. The molecule has 0 unspecified atom stereocenters. The highest BCUT2D eigenvalue weighted by Crippen LogP contribution is 2.37. The Balaban J connectivity index is 1.62. The van der Waals surface area contributed by atoms with E-state index in [1.165, 1.54) is 12.8 Å². The predicted molar refractivity (Wildman–Crippen MR) is 76.5 cm³/mol. The fourth-order valence-electron chi connectivity index (χ4n) is 2.85. The smallest absolute Gasteiger partial charge is 0.276 e. The Morgan fingerprint density at radius 2 is 1.95 bits per heavy atom. The standard InChI is InChI=1S/C14H18N6O/c15-14(5-3-6-14)12-18-11(21-19-12)10-4-7-16-13(17-10)20-8-1-2-9-20/h4,7H,1-3,5-6,8-9,15H2. The lowest BCUT2D eigenvalue weighted by molar-refractivity contribution is 0.229. The summed E-state index contributed by atoms with van der Waals surface area (Å²) in [4.78, 5) is 15.5. The van der Waals surface area contributed by atoms with E-state index in [0.29, 0.717) is 17.4 Å². The third-order valence-electron chi connectivity index (χ3n) is 4.37. The number of anilines is 1. The summed E-state index contributed by atoms with van der Waals surface area (Å²) in [5.41, 5.74) is 6.47. The molecule has 7 nitrogen and oxygen atoms in total. The maximum atomic E-state index is 6.22. The van der Waals surface area contributed by atoms with Crippen LogP contribution in [0.3, 0.4) is 0 Å². The van der Waals surface area contributed by atoms with Crippen molar-refractivity contribution in [1.29, 1.82) is 0 Å². The van der Waals surface area contributed by atoms with Gasteiger partial charge in [-0.3, -0.25) is 0 Å². The Morgan fingerprint density at radius 1 is 1.14 bits per heavy atom. The molecule has 110 valence electrons. The summed E-state index contributed by atoms with van der Waals surface area (Å²) in [6.07, 6.45) is 7.06. The van der Waals surface area contributed by atoms with Crippen molar-refractivity contribution in [3.05, 3.63) is 18.1 Å². The molecule has 0 amide bonds. The molecule has 0 radical (unpaired) electrons. The van der Waals surface area contributed by atoms with Gasteiger partial charge in [0.1, 0.15) is 5.69 Å². The number of hydrogen-bond acceptors (Lipinski definition) is 7. The SMILES string of the molecule is NC1(c2noc(-c3ccnc(N4CCCC4)n3)n2)CCC1. The van der Waals surface area contributed by atoms with Crippen LogP contribution in [-0.4, -0.2) is 33.2 Å². The summed E-state index contributed by atoms with van der Waals surface area (Å²) in [6, 6.07) is 1.79. The molecule has 3 heterocycles. The normalized spacial score (nSPS) is 20.5. The zero-order valence-electron chi connectivity index (χ0n) is 11.8. The highest BCUT2D eigenvalue weighted by molar-refractivity contribution is 5.49. The van der Waals surface area contributed by atoms with E-state index in [0.717, 1.165) is 38.3 Å². The first-order valence-corrected chi connectivity index (χ1v) is 7.46. The molecular weight excluding hydrogens is 268 g/mol. The zero-order chi connectivity index (χ0) is 14.3. The lowest BCUT2D eigenvalue weighted by Crippen LogP contribution is -2.44. The third kappa shape index (κ3) is 2.17. The van der Waals surface area contributed by atoms with E-state index in [-0.39, 0.29) is 0 Å². The van der Waals surface area contributed by atoms with Crippen molar-refractivity contribution in [2.75, 3.05) is 18.0 Å². The van der Waals surface area contributed by atoms with Crippen molar-refractivity contribution < 1.29 is 4.52 Å². The van der Waals surface area contributed by atoms with Gasteiger partial charge < -0.3 is 15.2 Å². The molecule has 2 aromatic heterocycles. The van der Waals surface area contributed by atoms with Gasteiger partial charge in [-0.2, -0.15) is 4.98 Å². The van der Waals surface area contributed by atoms with E-state index in [1.807, 2.05) is 0 Å². The van der Waals surface area contributed by atoms with Crippen LogP contribution >= 0.6 is 0 Å².